The predicted molar refractivity (Wildman–Crippen MR) is 114 cm³/mol. The number of benzene rings is 1. The van der Waals surface area contributed by atoms with Gasteiger partial charge in [-0.05, 0) is 51.7 Å². The number of rotatable bonds is 6. The monoisotopic (exact) mass is 447 g/mol. The predicted octanol–water partition coefficient (Wildman–Crippen LogP) is 4.02. The molecule has 0 spiro atoms. The van der Waals surface area contributed by atoms with Gasteiger partial charge in [-0.25, -0.2) is 23.1 Å². The van der Waals surface area contributed by atoms with Crippen LogP contribution < -0.4 is 16.4 Å². The van der Waals surface area contributed by atoms with E-state index >= 15 is 0 Å². The van der Waals surface area contributed by atoms with Crippen molar-refractivity contribution in [1.82, 2.24) is 19.5 Å². The fraction of sp³-hybridized carbons (Fsp3) is 0.429. The van der Waals surface area contributed by atoms with E-state index in [-0.39, 0.29) is 29.9 Å². The quantitative estimate of drug-likeness (QED) is 0.492. The second-order valence-electron chi connectivity index (χ2n) is 8.26. The molecule has 1 aromatic carbocycles. The smallest absolute Gasteiger partial charge is 0.224 e. The Hall–Kier alpha value is -3.37. The maximum Gasteiger partial charge on any atom is 0.224 e. The SMILES string of the molecule is CC(C)Nc1ncc2nc(Nc3c(F)ccc(F)c3F)n([C@H]3CC[C@@H](C(N)=O)CC3)c2n1. The fourth-order valence-electron chi connectivity index (χ4n) is 4.02. The zero-order valence-electron chi connectivity index (χ0n) is 17.7. The van der Waals surface area contributed by atoms with Crippen molar-refractivity contribution in [2.45, 2.75) is 51.6 Å². The van der Waals surface area contributed by atoms with Crippen molar-refractivity contribution >= 4 is 34.7 Å². The highest BCUT2D eigenvalue weighted by atomic mass is 19.2. The Morgan fingerprint density at radius 3 is 2.47 bits per heavy atom. The van der Waals surface area contributed by atoms with Gasteiger partial charge in [0.2, 0.25) is 17.8 Å². The highest BCUT2D eigenvalue weighted by Crippen LogP contribution is 2.37. The number of primary amides is 1. The molecule has 0 bridgehead atoms. The van der Waals surface area contributed by atoms with Crippen LogP contribution in [-0.2, 0) is 4.79 Å². The van der Waals surface area contributed by atoms with E-state index in [1.54, 1.807) is 4.57 Å². The van der Waals surface area contributed by atoms with Crippen LogP contribution in [0, 0.1) is 23.4 Å². The highest BCUT2D eigenvalue weighted by molar-refractivity contribution is 5.78. The summed E-state index contributed by atoms with van der Waals surface area (Å²) in [6.07, 6.45) is 3.85. The zero-order chi connectivity index (χ0) is 23.0. The first-order valence-corrected chi connectivity index (χ1v) is 10.5. The summed E-state index contributed by atoms with van der Waals surface area (Å²) in [5, 5.41) is 5.73. The first-order valence-electron chi connectivity index (χ1n) is 10.5. The number of imidazole rings is 1. The maximum absolute atomic E-state index is 14.3. The third-order valence-corrected chi connectivity index (χ3v) is 5.60. The molecule has 1 amide bonds. The maximum atomic E-state index is 14.3. The number of carbonyl (C=O) groups is 1. The molecular formula is C21H24F3N7O. The van der Waals surface area contributed by atoms with Crippen molar-refractivity contribution in [3.05, 3.63) is 35.8 Å². The van der Waals surface area contributed by atoms with Gasteiger partial charge in [0.15, 0.2) is 17.3 Å². The molecule has 2 heterocycles. The fourth-order valence-corrected chi connectivity index (χ4v) is 4.02. The van der Waals surface area contributed by atoms with Gasteiger partial charge in [0.05, 0.1) is 6.20 Å². The molecule has 0 radical (unpaired) electrons. The van der Waals surface area contributed by atoms with Crippen LogP contribution in [0.2, 0.25) is 0 Å². The molecule has 32 heavy (non-hydrogen) atoms. The molecule has 170 valence electrons. The highest BCUT2D eigenvalue weighted by Gasteiger charge is 2.29. The number of anilines is 3. The Morgan fingerprint density at radius 2 is 1.81 bits per heavy atom. The average molecular weight is 447 g/mol. The molecule has 2 aromatic heterocycles. The van der Waals surface area contributed by atoms with E-state index in [0.717, 1.165) is 12.1 Å². The number of carbonyl (C=O) groups excluding carboxylic acids is 1. The Bertz CT molecular complexity index is 1160. The molecule has 3 aromatic rings. The number of nitrogens with one attached hydrogen (secondary N) is 2. The summed E-state index contributed by atoms with van der Waals surface area (Å²) in [6.45, 7) is 3.89. The first-order chi connectivity index (χ1) is 15.2. The number of amides is 1. The largest absolute Gasteiger partial charge is 0.369 e. The van der Waals surface area contributed by atoms with E-state index in [1.165, 1.54) is 6.20 Å². The molecule has 1 aliphatic rings. The van der Waals surface area contributed by atoms with Crippen LogP contribution in [0.3, 0.4) is 0 Å². The van der Waals surface area contributed by atoms with Crippen LogP contribution in [0.5, 0.6) is 0 Å². The van der Waals surface area contributed by atoms with Gasteiger partial charge in [-0.15, -0.1) is 0 Å². The summed E-state index contributed by atoms with van der Waals surface area (Å²) >= 11 is 0. The van der Waals surface area contributed by atoms with Crippen LogP contribution in [0.1, 0.15) is 45.6 Å². The molecule has 4 N–H and O–H groups in total. The van der Waals surface area contributed by atoms with Gasteiger partial charge < -0.3 is 16.4 Å². The zero-order valence-corrected chi connectivity index (χ0v) is 17.7. The number of aromatic nitrogens is 4. The number of fused-ring (bicyclic) bond motifs is 1. The van der Waals surface area contributed by atoms with Gasteiger partial charge in [-0.2, -0.15) is 4.98 Å². The van der Waals surface area contributed by atoms with Gasteiger partial charge in [0.25, 0.3) is 0 Å². The number of nitrogens with two attached hydrogens (primary N) is 1. The van der Waals surface area contributed by atoms with Crippen LogP contribution in [0.4, 0.5) is 30.8 Å². The molecule has 1 aliphatic carbocycles. The second kappa shape index (κ2) is 8.64. The second-order valence-corrected chi connectivity index (χ2v) is 8.26. The Kier molecular flexibility index (Phi) is 5.90. The van der Waals surface area contributed by atoms with E-state index in [4.69, 9.17) is 5.73 Å². The minimum atomic E-state index is -1.34. The average Bonchev–Trinajstić information content (AvgIpc) is 3.11. The summed E-state index contributed by atoms with van der Waals surface area (Å²) in [6, 6.07) is 1.50. The topological polar surface area (TPSA) is 111 Å². The number of hydrogen-bond acceptors (Lipinski definition) is 6. The van der Waals surface area contributed by atoms with Gasteiger partial charge in [-0.1, -0.05) is 0 Å². The van der Waals surface area contributed by atoms with Crippen molar-refractivity contribution in [3.8, 4) is 0 Å². The third-order valence-electron chi connectivity index (χ3n) is 5.60. The number of halogens is 3. The summed E-state index contributed by atoms with van der Waals surface area (Å²) in [5.74, 6) is -3.53. The van der Waals surface area contributed by atoms with Crippen molar-refractivity contribution in [3.63, 3.8) is 0 Å². The van der Waals surface area contributed by atoms with Gasteiger partial charge in [0, 0.05) is 18.0 Å². The van der Waals surface area contributed by atoms with E-state index in [9.17, 15) is 18.0 Å². The molecule has 4 rings (SSSR count). The lowest BCUT2D eigenvalue weighted by Gasteiger charge is -2.29. The third kappa shape index (κ3) is 4.19. The Balaban J connectivity index is 1.79. The minimum Gasteiger partial charge on any atom is -0.369 e. The first kappa shape index (κ1) is 21.8. The van der Waals surface area contributed by atoms with E-state index in [1.807, 2.05) is 13.8 Å². The van der Waals surface area contributed by atoms with E-state index in [2.05, 4.69) is 25.6 Å². The summed E-state index contributed by atoms with van der Waals surface area (Å²) in [7, 11) is 0. The molecule has 1 saturated carbocycles. The molecule has 0 atom stereocenters. The molecule has 1 fully saturated rings. The minimum absolute atomic E-state index is 0.0860. The van der Waals surface area contributed by atoms with Crippen molar-refractivity contribution < 1.29 is 18.0 Å². The number of nitrogens with zero attached hydrogens (tertiary/aromatic N) is 4. The lowest BCUT2D eigenvalue weighted by atomic mass is 9.85. The van der Waals surface area contributed by atoms with Gasteiger partial charge >= 0.3 is 0 Å². The molecular weight excluding hydrogens is 423 g/mol. The van der Waals surface area contributed by atoms with E-state index < -0.39 is 23.1 Å². The lowest BCUT2D eigenvalue weighted by Crippen LogP contribution is -2.29. The standard InChI is InChI=1S/C21H24F3N7O/c1-10(2)27-20-26-9-15-19(30-20)31(12-5-3-11(4-6-12)18(25)32)21(28-15)29-17-14(23)8-7-13(22)16(17)24/h7-12H,3-6H2,1-2H3,(H2,25,32)(H,28,29)(H,26,27,30)/t11-,12+. The van der Waals surface area contributed by atoms with Crippen molar-refractivity contribution in [2.24, 2.45) is 11.7 Å². The van der Waals surface area contributed by atoms with Gasteiger partial charge in [0.1, 0.15) is 17.0 Å². The van der Waals surface area contributed by atoms with Crippen LogP contribution in [0.15, 0.2) is 18.3 Å². The molecule has 0 saturated heterocycles. The Labute approximate surface area is 182 Å². The molecule has 0 aliphatic heterocycles. The van der Waals surface area contributed by atoms with Crippen LogP contribution in [0.25, 0.3) is 11.2 Å². The van der Waals surface area contributed by atoms with Gasteiger partial charge in [-0.3, -0.25) is 9.36 Å². The van der Waals surface area contributed by atoms with Crippen LogP contribution >= 0.6 is 0 Å². The molecule has 11 heteroatoms. The molecule has 8 nitrogen and oxygen atoms in total. The summed E-state index contributed by atoms with van der Waals surface area (Å²) in [4.78, 5) is 24.8. The Morgan fingerprint density at radius 1 is 1.12 bits per heavy atom. The summed E-state index contributed by atoms with van der Waals surface area (Å²) in [5.41, 5.74) is 5.69. The summed E-state index contributed by atoms with van der Waals surface area (Å²) < 4.78 is 44.1. The van der Waals surface area contributed by atoms with Crippen molar-refractivity contribution in [2.75, 3.05) is 10.6 Å². The number of hydrogen-bond donors (Lipinski definition) is 3. The normalized spacial score (nSPS) is 18.8. The van der Waals surface area contributed by atoms with Crippen LogP contribution in [-0.4, -0.2) is 31.5 Å². The van der Waals surface area contributed by atoms with Crippen molar-refractivity contribution in [1.29, 1.82) is 0 Å². The lowest BCUT2D eigenvalue weighted by molar-refractivity contribution is -0.122. The van der Waals surface area contributed by atoms with E-state index in [0.29, 0.717) is 42.8 Å². The molecule has 0 unspecified atom stereocenters.